The van der Waals surface area contributed by atoms with Gasteiger partial charge in [-0.3, -0.25) is 4.79 Å². The van der Waals surface area contributed by atoms with Gasteiger partial charge in [0.05, 0.1) is 11.3 Å². The Balaban J connectivity index is 2.00. The van der Waals surface area contributed by atoms with Crippen LogP contribution in [0.5, 0.6) is 5.75 Å². The van der Waals surface area contributed by atoms with E-state index in [0.717, 1.165) is 4.47 Å². The third-order valence-corrected chi connectivity index (χ3v) is 3.50. The number of hydrogen-bond acceptors (Lipinski definition) is 3. The molecule has 0 spiro atoms. The summed E-state index contributed by atoms with van der Waals surface area (Å²) in [5.41, 5.74) is 0.943. The first-order valence-electron chi connectivity index (χ1n) is 5.97. The highest BCUT2D eigenvalue weighted by molar-refractivity contribution is 9.10. The Morgan fingerprint density at radius 3 is 2.86 bits per heavy atom. The van der Waals surface area contributed by atoms with Gasteiger partial charge in [-0.2, -0.15) is 5.26 Å². The summed E-state index contributed by atoms with van der Waals surface area (Å²) in [5, 5.41) is 12.1. The molecule has 6 heteroatoms. The summed E-state index contributed by atoms with van der Waals surface area (Å²) in [6.45, 7) is -0.197. The number of halogens is 2. The molecule has 0 bridgehead atoms. The van der Waals surface area contributed by atoms with E-state index in [1.807, 2.05) is 6.07 Å². The van der Waals surface area contributed by atoms with Gasteiger partial charge in [-0.25, -0.2) is 0 Å². The van der Waals surface area contributed by atoms with Crippen LogP contribution >= 0.6 is 27.5 Å². The van der Waals surface area contributed by atoms with Crippen LogP contribution in [0.25, 0.3) is 0 Å². The zero-order valence-electron chi connectivity index (χ0n) is 10.8. The number of anilines is 1. The number of benzene rings is 2. The number of carbonyl (C=O) groups excluding carboxylic acids is 1. The van der Waals surface area contributed by atoms with E-state index < -0.39 is 0 Å². The summed E-state index contributed by atoms with van der Waals surface area (Å²) in [5.74, 6) is 0.0334. The highest BCUT2D eigenvalue weighted by Crippen LogP contribution is 2.25. The minimum atomic E-state index is -0.342. The van der Waals surface area contributed by atoms with Crippen molar-refractivity contribution in [3.63, 3.8) is 0 Å². The number of hydrogen-bond donors (Lipinski definition) is 1. The van der Waals surface area contributed by atoms with E-state index in [9.17, 15) is 4.79 Å². The van der Waals surface area contributed by atoms with Crippen LogP contribution in [0, 0.1) is 11.3 Å². The van der Waals surface area contributed by atoms with Crippen molar-refractivity contribution in [1.82, 2.24) is 0 Å². The molecule has 21 heavy (non-hydrogen) atoms. The van der Waals surface area contributed by atoms with Crippen molar-refractivity contribution in [2.75, 3.05) is 11.9 Å². The topological polar surface area (TPSA) is 62.1 Å². The maximum absolute atomic E-state index is 11.9. The van der Waals surface area contributed by atoms with Crippen molar-refractivity contribution in [3.8, 4) is 11.8 Å². The van der Waals surface area contributed by atoms with E-state index in [0.29, 0.717) is 22.0 Å². The lowest BCUT2D eigenvalue weighted by molar-refractivity contribution is -0.118. The van der Waals surface area contributed by atoms with Gasteiger partial charge in [0.2, 0.25) is 0 Å². The number of nitriles is 1. The quantitative estimate of drug-likeness (QED) is 0.891. The molecule has 2 rings (SSSR count). The Hall–Kier alpha value is -2.03. The molecule has 0 heterocycles. The average molecular weight is 366 g/mol. The van der Waals surface area contributed by atoms with Crippen LogP contribution in [0.2, 0.25) is 5.02 Å². The summed E-state index contributed by atoms with van der Waals surface area (Å²) < 4.78 is 6.07. The summed E-state index contributed by atoms with van der Waals surface area (Å²) >= 11 is 9.19. The number of carbonyl (C=O) groups is 1. The normalized spacial score (nSPS) is 9.76. The highest BCUT2D eigenvalue weighted by Gasteiger charge is 2.09. The molecule has 2 aromatic rings. The fraction of sp³-hybridized carbons (Fsp3) is 0.0667. The van der Waals surface area contributed by atoms with Gasteiger partial charge in [0.1, 0.15) is 11.8 Å². The van der Waals surface area contributed by atoms with Crippen molar-refractivity contribution in [2.45, 2.75) is 0 Å². The van der Waals surface area contributed by atoms with E-state index in [4.69, 9.17) is 21.6 Å². The summed E-state index contributed by atoms with van der Waals surface area (Å²) in [6.07, 6.45) is 0. The molecule has 0 aromatic heterocycles. The molecular formula is C15H10BrClN2O2. The lowest BCUT2D eigenvalue weighted by atomic mass is 10.2. The van der Waals surface area contributed by atoms with Crippen molar-refractivity contribution in [1.29, 1.82) is 5.26 Å². The lowest BCUT2D eigenvalue weighted by Gasteiger charge is -2.10. The van der Waals surface area contributed by atoms with E-state index in [-0.39, 0.29) is 12.5 Å². The molecule has 0 radical (unpaired) electrons. The van der Waals surface area contributed by atoms with Crippen LogP contribution in [-0.2, 0) is 4.79 Å². The van der Waals surface area contributed by atoms with Gasteiger partial charge in [-0.05, 0) is 46.3 Å². The van der Waals surface area contributed by atoms with Crippen molar-refractivity contribution in [2.24, 2.45) is 0 Å². The first kappa shape index (κ1) is 15.4. The molecule has 0 unspecified atom stereocenters. The molecule has 106 valence electrons. The van der Waals surface area contributed by atoms with Gasteiger partial charge < -0.3 is 10.1 Å². The van der Waals surface area contributed by atoms with Crippen molar-refractivity contribution < 1.29 is 9.53 Å². The predicted molar refractivity (Wildman–Crippen MR) is 84.4 cm³/mol. The SMILES string of the molecule is N#Cc1ccccc1OCC(=O)Nc1cc(Cl)ccc1Br. The monoisotopic (exact) mass is 364 g/mol. The lowest BCUT2D eigenvalue weighted by Crippen LogP contribution is -2.20. The number of nitrogens with zero attached hydrogens (tertiary/aromatic N) is 1. The fourth-order valence-electron chi connectivity index (χ4n) is 1.61. The summed E-state index contributed by atoms with van der Waals surface area (Å²) in [7, 11) is 0. The molecule has 0 fully saturated rings. The number of amides is 1. The molecule has 0 aliphatic heterocycles. The van der Waals surface area contributed by atoms with E-state index in [1.165, 1.54) is 0 Å². The van der Waals surface area contributed by atoms with E-state index in [2.05, 4.69) is 21.2 Å². The maximum atomic E-state index is 11.9. The molecule has 1 amide bonds. The Morgan fingerprint density at radius 1 is 1.33 bits per heavy atom. The van der Waals surface area contributed by atoms with Crippen LogP contribution in [0.1, 0.15) is 5.56 Å². The molecular weight excluding hydrogens is 356 g/mol. The fourth-order valence-corrected chi connectivity index (χ4v) is 2.13. The second-order valence-corrected chi connectivity index (χ2v) is 5.36. The van der Waals surface area contributed by atoms with E-state index in [1.54, 1.807) is 42.5 Å². The maximum Gasteiger partial charge on any atom is 0.262 e. The number of rotatable bonds is 4. The smallest absolute Gasteiger partial charge is 0.262 e. The van der Waals surface area contributed by atoms with Gasteiger partial charge in [-0.15, -0.1) is 0 Å². The molecule has 0 aliphatic carbocycles. The molecule has 0 saturated heterocycles. The Labute approximate surface area is 135 Å². The molecule has 4 nitrogen and oxygen atoms in total. The van der Waals surface area contributed by atoms with E-state index >= 15 is 0 Å². The molecule has 0 atom stereocenters. The number of para-hydroxylation sites is 1. The van der Waals surface area contributed by atoms with Crippen molar-refractivity contribution >= 4 is 39.1 Å². The largest absolute Gasteiger partial charge is 0.482 e. The third kappa shape index (κ3) is 4.22. The zero-order chi connectivity index (χ0) is 15.2. The van der Waals surface area contributed by atoms with Gasteiger partial charge in [0, 0.05) is 9.50 Å². The Morgan fingerprint density at radius 2 is 2.10 bits per heavy atom. The second kappa shape index (κ2) is 7.11. The average Bonchev–Trinajstić information content (AvgIpc) is 2.49. The standard InChI is InChI=1S/C15H10BrClN2O2/c16-12-6-5-11(17)7-13(12)19-15(20)9-21-14-4-2-1-3-10(14)8-18/h1-7H,9H2,(H,19,20). The molecule has 1 N–H and O–H groups in total. The van der Waals surface area contributed by atoms with Crippen LogP contribution in [-0.4, -0.2) is 12.5 Å². The predicted octanol–water partition coefficient (Wildman–Crippen LogP) is 3.99. The zero-order valence-corrected chi connectivity index (χ0v) is 13.1. The number of ether oxygens (including phenoxy) is 1. The van der Waals surface area contributed by atoms with Crippen LogP contribution < -0.4 is 10.1 Å². The minimum absolute atomic E-state index is 0.197. The van der Waals surface area contributed by atoms with Crippen LogP contribution in [0.15, 0.2) is 46.9 Å². The van der Waals surface area contributed by atoms with Gasteiger partial charge in [0.25, 0.3) is 5.91 Å². The van der Waals surface area contributed by atoms with Crippen LogP contribution in [0.4, 0.5) is 5.69 Å². The van der Waals surface area contributed by atoms with Gasteiger partial charge in [0.15, 0.2) is 6.61 Å². The van der Waals surface area contributed by atoms with Crippen LogP contribution in [0.3, 0.4) is 0 Å². The first-order valence-corrected chi connectivity index (χ1v) is 7.14. The van der Waals surface area contributed by atoms with Gasteiger partial charge in [-0.1, -0.05) is 23.7 Å². The first-order chi connectivity index (χ1) is 10.1. The summed E-state index contributed by atoms with van der Waals surface area (Å²) in [4.78, 5) is 11.9. The molecule has 2 aromatic carbocycles. The Kier molecular flexibility index (Phi) is 5.20. The minimum Gasteiger partial charge on any atom is -0.482 e. The van der Waals surface area contributed by atoms with Gasteiger partial charge >= 0.3 is 0 Å². The summed E-state index contributed by atoms with van der Waals surface area (Å²) in [6, 6.07) is 13.8. The number of nitrogens with one attached hydrogen (secondary N) is 1. The van der Waals surface area contributed by atoms with Crippen molar-refractivity contribution in [3.05, 3.63) is 57.5 Å². The second-order valence-electron chi connectivity index (χ2n) is 4.07. The third-order valence-electron chi connectivity index (χ3n) is 2.57. The highest BCUT2D eigenvalue weighted by atomic mass is 79.9. The Bertz CT molecular complexity index is 713. The molecule has 0 aliphatic rings. The molecule has 0 saturated carbocycles.